The van der Waals surface area contributed by atoms with Crippen molar-refractivity contribution in [2.45, 2.75) is 69.4 Å². The molecule has 2 fully saturated rings. The van der Waals surface area contributed by atoms with Crippen LogP contribution in [-0.2, 0) is 4.74 Å². The molecule has 0 amide bonds. The van der Waals surface area contributed by atoms with E-state index < -0.39 is 0 Å². The number of hydrogen-bond acceptors (Lipinski definition) is 1. The zero-order chi connectivity index (χ0) is 21.4. The molecular formula is C30H36NO+. The fourth-order valence-corrected chi connectivity index (χ4v) is 7.22. The van der Waals surface area contributed by atoms with E-state index in [1.165, 1.54) is 81.3 Å². The first-order valence-corrected chi connectivity index (χ1v) is 12.9. The Hall–Kier alpha value is -2.32. The van der Waals surface area contributed by atoms with Gasteiger partial charge in [0.1, 0.15) is 5.76 Å². The fourth-order valence-electron chi connectivity index (χ4n) is 7.22. The topological polar surface area (TPSA) is 13.7 Å². The smallest absolute Gasteiger partial charge is 0.267 e. The third kappa shape index (κ3) is 3.35. The molecule has 166 valence electrons. The first kappa shape index (κ1) is 20.3. The molecule has 4 aliphatic rings. The summed E-state index contributed by atoms with van der Waals surface area (Å²) in [4.78, 5) is 1.70. The van der Waals surface area contributed by atoms with Crippen LogP contribution in [0.1, 0.15) is 74.8 Å². The Labute approximate surface area is 193 Å². The molecule has 0 bridgehead atoms. The van der Waals surface area contributed by atoms with Crippen LogP contribution < -0.4 is 4.90 Å². The molecule has 0 unspecified atom stereocenters. The van der Waals surface area contributed by atoms with E-state index in [0.717, 1.165) is 6.42 Å². The second-order valence-electron chi connectivity index (χ2n) is 10.3. The summed E-state index contributed by atoms with van der Waals surface area (Å²) in [6.45, 7) is 2.49. The lowest BCUT2D eigenvalue weighted by Gasteiger charge is -2.54. The molecule has 1 N–H and O–H groups in total. The maximum atomic E-state index is 7.38. The molecule has 2 aliphatic carbocycles. The maximum Gasteiger partial charge on any atom is 0.267 e. The highest BCUT2D eigenvalue weighted by Crippen LogP contribution is 2.55. The standard InChI is InChI=1S/C30H35NO/c1-3-12-23(13-4-1)22-25-16-11-18-27-29(24-14-5-2-6-15-24)26-17-7-8-19-28(26)32-30(25,27)31-20-9-10-21-31/h1-6,12-15,22,27,29H,7-11,16-21H2/p+1/b25-22+/t27-,29+,30+/m1/s1. The fraction of sp³-hybridized carbons (Fsp3) is 0.467. The highest BCUT2D eigenvalue weighted by atomic mass is 16.5. The zero-order valence-electron chi connectivity index (χ0n) is 19.2. The van der Waals surface area contributed by atoms with E-state index in [9.17, 15) is 0 Å². The molecule has 3 atom stereocenters. The first-order valence-electron chi connectivity index (χ1n) is 12.9. The first-order chi connectivity index (χ1) is 15.9. The number of ether oxygens (including phenoxy) is 1. The lowest BCUT2D eigenvalue weighted by atomic mass is 9.63. The van der Waals surface area contributed by atoms with E-state index in [1.807, 2.05) is 0 Å². The number of quaternary nitrogens is 1. The Balaban J connectivity index is 1.55. The molecule has 2 aromatic carbocycles. The van der Waals surface area contributed by atoms with Gasteiger partial charge in [-0.2, -0.15) is 0 Å². The largest absolute Gasteiger partial charge is 0.441 e. The van der Waals surface area contributed by atoms with Crippen molar-refractivity contribution in [3.05, 3.63) is 88.7 Å². The summed E-state index contributed by atoms with van der Waals surface area (Å²) in [7, 11) is 0. The van der Waals surface area contributed by atoms with Crippen LogP contribution in [0.4, 0.5) is 0 Å². The lowest BCUT2D eigenvalue weighted by Crippen LogP contribution is -3.20. The van der Waals surface area contributed by atoms with Crippen LogP contribution in [0, 0.1) is 5.92 Å². The Bertz CT molecular complexity index is 1000. The van der Waals surface area contributed by atoms with Crippen molar-refractivity contribution in [2.75, 3.05) is 13.1 Å². The predicted octanol–water partition coefficient (Wildman–Crippen LogP) is 5.89. The van der Waals surface area contributed by atoms with Gasteiger partial charge in [0.15, 0.2) is 0 Å². The van der Waals surface area contributed by atoms with Crippen molar-refractivity contribution >= 4 is 6.08 Å². The van der Waals surface area contributed by atoms with Gasteiger partial charge in [0.05, 0.1) is 19.0 Å². The van der Waals surface area contributed by atoms with E-state index in [4.69, 9.17) is 4.74 Å². The summed E-state index contributed by atoms with van der Waals surface area (Å²) >= 11 is 0. The number of likely N-dealkylation sites (tertiary alicyclic amines) is 1. The van der Waals surface area contributed by atoms with Gasteiger partial charge in [-0.1, -0.05) is 60.7 Å². The quantitative estimate of drug-likeness (QED) is 0.646. The zero-order valence-corrected chi connectivity index (χ0v) is 19.2. The minimum Gasteiger partial charge on any atom is -0.441 e. The molecule has 2 aliphatic heterocycles. The van der Waals surface area contributed by atoms with Gasteiger partial charge in [-0.05, 0) is 61.3 Å². The summed E-state index contributed by atoms with van der Waals surface area (Å²) in [6.07, 6.45) is 13.8. The van der Waals surface area contributed by atoms with Crippen LogP contribution in [0.2, 0.25) is 0 Å². The SMILES string of the molecule is C(=C1/CCC[C@@H]2[C@@H](c3ccccc3)C3=C(CCCC3)O[C@@]12[NH+]1CCCC1)/c1ccccc1. The van der Waals surface area contributed by atoms with E-state index in [1.54, 1.807) is 16.0 Å². The molecule has 2 heterocycles. The molecule has 2 nitrogen and oxygen atoms in total. The van der Waals surface area contributed by atoms with Crippen molar-refractivity contribution in [1.82, 2.24) is 0 Å². The Morgan fingerprint density at radius 2 is 1.50 bits per heavy atom. The molecule has 2 heteroatoms. The van der Waals surface area contributed by atoms with Gasteiger partial charge >= 0.3 is 0 Å². The molecular weight excluding hydrogens is 390 g/mol. The number of rotatable bonds is 3. The minimum absolute atomic E-state index is 0.193. The third-order valence-electron chi connectivity index (χ3n) is 8.51. The summed E-state index contributed by atoms with van der Waals surface area (Å²) in [6, 6.07) is 22.4. The van der Waals surface area contributed by atoms with Gasteiger partial charge < -0.3 is 4.74 Å². The van der Waals surface area contributed by atoms with Crippen LogP contribution in [0.25, 0.3) is 6.08 Å². The molecule has 0 radical (unpaired) electrons. The summed E-state index contributed by atoms with van der Waals surface area (Å²) in [5, 5.41) is 0. The van der Waals surface area contributed by atoms with Crippen molar-refractivity contribution in [3.8, 4) is 0 Å². The molecule has 6 rings (SSSR count). The van der Waals surface area contributed by atoms with E-state index in [-0.39, 0.29) is 5.72 Å². The van der Waals surface area contributed by atoms with Gasteiger partial charge in [0.25, 0.3) is 5.72 Å². The summed E-state index contributed by atoms with van der Waals surface area (Å²) < 4.78 is 7.38. The van der Waals surface area contributed by atoms with E-state index in [2.05, 4.69) is 66.7 Å². The van der Waals surface area contributed by atoms with E-state index in [0.29, 0.717) is 11.8 Å². The second-order valence-corrected chi connectivity index (χ2v) is 10.3. The monoisotopic (exact) mass is 426 g/mol. The molecule has 32 heavy (non-hydrogen) atoms. The highest BCUT2D eigenvalue weighted by molar-refractivity contribution is 5.56. The molecule has 0 spiro atoms. The van der Waals surface area contributed by atoms with Crippen LogP contribution in [-0.4, -0.2) is 18.8 Å². The average Bonchev–Trinajstić information content (AvgIpc) is 3.40. The Morgan fingerprint density at radius 1 is 0.781 bits per heavy atom. The van der Waals surface area contributed by atoms with Gasteiger partial charge in [-0.25, -0.2) is 0 Å². The minimum atomic E-state index is -0.193. The lowest BCUT2D eigenvalue weighted by molar-refractivity contribution is -0.967. The predicted molar refractivity (Wildman–Crippen MR) is 130 cm³/mol. The Morgan fingerprint density at radius 3 is 2.28 bits per heavy atom. The summed E-state index contributed by atoms with van der Waals surface area (Å²) in [5.41, 5.74) is 5.82. The third-order valence-corrected chi connectivity index (χ3v) is 8.51. The van der Waals surface area contributed by atoms with Crippen LogP contribution in [0.15, 0.2) is 77.6 Å². The molecule has 1 saturated carbocycles. The van der Waals surface area contributed by atoms with Crippen molar-refractivity contribution < 1.29 is 9.64 Å². The average molecular weight is 427 g/mol. The van der Waals surface area contributed by atoms with Crippen molar-refractivity contribution in [1.29, 1.82) is 0 Å². The van der Waals surface area contributed by atoms with Crippen molar-refractivity contribution in [3.63, 3.8) is 0 Å². The van der Waals surface area contributed by atoms with Gasteiger partial charge in [-0.3, -0.25) is 4.90 Å². The molecule has 2 aromatic rings. The molecule has 1 saturated heterocycles. The Kier molecular flexibility index (Phi) is 5.43. The maximum absolute atomic E-state index is 7.38. The second kappa shape index (κ2) is 8.56. The summed E-state index contributed by atoms with van der Waals surface area (Å²) in [5.74, 6) is 2.38. The molecule has 0 aromatic heterocycles. The van der Waals surface area contributed by atoms with Gasteiger partial charge in [0.2, 0.25) is 0 Å². The number of fused-ring (bicyclic) bond motifs is 1. The van der Waals surface area contributed by atoms with Crippen LogP contribution in [0.3, 0.4) is 0 Å². The van der Waals surface area contributed by atoms with Crippen LogP contribution in [0.5, 0.6) is 0 Å². The normalized spacial score (nSPS) is 31.8. The number of allylic oxidation sites excluding steroid dienone is 2. The van der Waals surface area contributed by atoms with Gasteiger partial charge in [-0.15, -0.1) is 0 Å². The number of nitrogens with one attached hydrogen (secondary N) is 1. The van der Waals surface area contributed by atoms with Crippen molar-refractivity contribution in [2.24, 2.45) is 5.92 Å². The van der Waals surface area contributed by atoms with E-state index >= 15 is 0 Å². The number of hydrogen-bond donors (Lipinski definition) is 1. The highest BCUT2D eigenvalue weighted by Gasteiger charge is 2.61. The number of benzene rings is 2. The van der Waals surface area contributed by atoms with Crippen LogP contribution >= 0.6 is 0 Å². The van der Waals surface area contributed by atoms with Gasteiger partial charge in [0, 0.05) is 30.8 Å².